The standard InChI is InChI=1S/C22H32O3/c1-14(2)16-12-15-8-9-19-21(3,4)10-7-11-22(19,20(23)25-6)17(15)13-18(16)24-5/h12-14,19H,7-11H2,1-6H3/t19?,22-/m0/s1. The first kappa shape index (κ1) is 18.3. The third-order valence-corrected chi connectivity index (χ3v) is 6.74. The van der Waals surface area contributed by atoms with Crippen LogP contribution in [0.15, 0.2) is 12.1 Å². The molecule has 0 bridgehead atoms. The summed E-state index contributed by atoms with van der Waals surface area (Å²) in [6, 6.07) is 4.43. The van der Waals surface area contributed by atoms with E-state index in [1.807, 2.05) is 0 Å². The first-order valence-corrected chi connectivity index (χ1v) is 9.57. The maximum Gasteiger partial charge on any atom is 0.316 e. The van der Waals surface area contributed by atoms with Crippen LogP contribution in [0.3, 0.4) is 0 Å². The van der Waals surface area contributed by atoms with Gasteiger partial charge in [0.15, 0.2) is 0 Å². The second kappa shape index (κ2) is 6.34. The van der Waals surface area contributed by atoms with Gasteiger partial charge in [-0.05, 0) is 65.7 Å². The van der Waals surface area contributed by atoms with Gasteiger partial charge < -0.3 is 9.47 Å². The highest BCUT2D eigenvalue weighted by molar-refractivity contribution is 5.85. The summed E-state index contributed by atoms with van der Waals surface area (Å²) in [4.78, 5) is 13.1. The van der Waals surface area contributed by atoms with Gasteiger partial charge in [0, 0.05) is 0 Å². The van der Waals surface area contributed by atoms with Gasteiger partial charge in [0.05, 0.1) is 19.6 Å². The van der Waals surface area contributed by atoms with Gasteiger partial charge in [-0.3, -0.25) is 4.79 Å². The van der Waals surface area contributed by atoms with Gasteiger partial charge in [0.1, 0.15) is 5.75 Å². The van der Waals surface area contributed by atoms with Gasteiger partial charge in [0.2, 0.25) is 0 Å². The SMILES string of the molecule is COC(=O)[C@]12CCCC(C)(C)C1CCc1cc(C(C)C)c(OC)cc12. The summed E-state index contributed by atoms with van der Waals surface area (Å²) in [5.41, 5.74) is 3.32. The lowest BCUT2D eigenvalue weighted by Crippen LogP contribution is -2.54. The van der Waals surface area contributed by atoms with Crippen molar-refractivity contribution >= 4 is 5.97 Å². The molecule has 1 unspecified atom stereocenters. The number of carbonyl (C=O) groups excluding carboxylic acids is 1. The maximum atomic E-state index is 13.1. The molecule has 2 aliphatic rings. The Morgan fingerprint density at radius 3 is 2.52 bits per heavy atom. The zero-order valence-corrected chi connectivity index (χ0v) is 16.6. The second-order valence-corrected chi connectivity index (χ2v) is 8.80. The number of methoxy groups -OCH3 is 2. The van der Waals surface area contributed by atoms with Crippen LogP contribution in [0, 0.1) is 11.3 Å². The predicted octanol–water partition coefficient (Wildman–Crippen LogP) is 5.00. The van der Waals surface area contributed by atoms with Gasteiger partial charge in [-0.1, -0.05) is 40.2 Å². The van der Waals surface area contributed by atoms with Crippen molar-refractivity contribution in [2.24, 2.45) is 11.3 Å². The van der Waals surface area contributed by atoms with Gasteiger partial charge in [0.25, 0.3) is 0 Å². The Morgan fingerprint density at radius 2 is 1.92 bits per heavy atom. The Hall–Kier alpha value is -1.51. The van der Waals surface area contributed by atoms with Crippen molar-refractivity contribution in [1.29, 1.82) is 0 Å². The Labute approximate surface area is 152 Å². The first-order chi connectivity index (χ1) is 11.8. The van der Waals surface area contributed by atoms with E-state index in [4.69, 9.17) is 9.47 Å². The normalized spacial score (nSPS) is 27.4. The van der Waals surface area contributed by atoms with E-state index in [-0.39, 0.29) is 11.4 Å². The number of carbonyl (C=O) groups is 1. The predicted molar refractivity (Wildman–Crippen MR) is 100 cm³/mol. The van der Waals surface area contributed by atoms with Gasteiger partial charge in [-0.25, -0.2) is 0 Å². The zero-order valence-electron chi connectivity index (χ0n) is 16.6. The Morgan fingerprint density at radius 1 is 1.20 bits per heavy atom. The third-order valence-electron chi connectivity index (χ3n) is 6.74. The van der Waals surface area contributed by atoms with Crippen molar-refractivity contribution in [2.45, 2.75) is 71.1 Å². The molecule has 0 aliphatic heterocycles. The number of hydrogen-bond donors (Lipinski definition) is 0. The Balaban J connectivity index is 2.25. The largest absolute Gasteiger partial charge is 0.496 e. The summed E-state index contributed by atoms with van der Waals surface area (Å²) < 4.78 is 11.1. The summed E-state index contributed by atoms with van der Waals surface area (Å²) >= 11 is 0. The first-order valence-electron chi connectivity index (χ1n) is 9.57. The molecule has 138 valence electrons. The Kier molecular flexibility index (Phi) is 4.63. The van der Waals surface area contributed by atoms with Crippen LogP contribution in [0.25, 0.3) is 0 Å². The van der Waals surface area contributed by atoms with E-state index in [1.54, 1.807) is 7.11 Å². The van der Waals surface area contributed by atoms with Crippen molar-refractivity contribution in [3.63, 3.8) is 0 Å². The zero-order chi connectivity index (χ0) is 18.4. The molecule has 3 heteroatoms. The molecule has 0 amide bonds. The number of rotatable bonds is 3. The number of fused-ring (bicyclic) bond motifs is 3. The molecule has 0 heterocycles. The number of esters is 1. The lowest BCUT2D eigenvalue weighted by atomic mass is 9.49. The van der Waals surface area contributed by atoms with Crippen molar-refractivity contribution in [2.75, 3.05) is 14.2 Å². The minimum absolute atomic E-state index is 0.0643. The minimum atomic E-state index is -0.521. The molecular formula is C22H32O3. The number of hydrogen-bond acceptors (Lipinski definition) is 3. The molecule has 1 fully saturated rings. The smallest absolute Gasteiger partial charge is 0.316 e. The summed E-state index contributed by atoms with van der Waals surface area (Å²) in [7, 11) is 3.26. The van der Waals surface area contributed by atoms with Crippen LogP contribution in [-0.2, 0) is 21.4 Å². The fourth-order valence-corrected chi connectivity index (χ4v) is 5.53. The van der Waals surface area contributed by atoms with Gasteiger partial charge in [-0.2, -0.15) is 0 Å². The summed E-state index contributed by atoms with van der Waals surface area (Å²) in [6.07, 6.45) is 5.20. The molecule has 0 aromatic heterocycles. The van der Waals surface area contributed by atoms with E-state index >= 15 is 0 Å². The highest BCUT2D eigenvalue weighted by Gasteiger charge is 2.57. The molecule has 0 spiro atoms. The van der Waals surface area contributed by atoms with Crippen LogP contribution in [-0.4, -0.2) is 20.2 Å². The van der Waals surface area contributed by atoms with Gasteiger partial charge in [-0.15, -0.1) is 0 Å². The second-order valence-electron chi connectivity index (χ2n) is 8.80. The average Bonchev–Trinajstić information content (AvgIpc) is 2.58. The molecule has 1 aromatic rings. The van der Waals surface area contributed by atoms with Crippen molar-refractivity contribution in [3.05, 3.63) is 28.8 Å². The van der Waals surface area contributed by atoms with Crippen LogP contribution in [0.5, 0.6) is 5.75 Å². The van der Waals surface area contributed by atoms with E-state index < -0.39 is 5.41 Å². The summed E-state index contributed by atoms with van der Waals surface area (Å²) in [5.74, 6) is 1.56. The molecule has 2 atom stereocenters. The van der Waals surface area contributed by atoms with Crippen LogP contribution in [0.4, 0.5) is 0 Å². The quantitative estimate of drug-likeness (QED) is 0.724. The highest BCUT2D eigenvalue weighted by Crippen LogP contribution is 2.58. The molecule has 0 N–H and O–H groups in total. The fraction of sp³-hybridized carbons (Fsp3) is 0.682. The molecule has 25 heavy (non-hydrogen) atoms. The lowest BCUT2D eigenvalue weighted by molar-refractivity contribution is -0.156. The number of ether oxygens (including phenoxy) is 2. The monoisotopic (exact) mass is 344 g/mol. The van der Waals surface area contributed by atoms with Gasteiger partial charge >= 0.3 is 5.97 Å². The molecule has 1 saturated carbocycles. The number of benzene rings is 1. The molecule has 3 rings (SSSR count). The third kappa shape index (κ3) is 2.67. The van der Waals surface area contributed by atoms with Crippen LogP contribution in [0.2, 0.25) is 0 Å². The van der Waals surface area contributed by atoms with Crippen LogP contribution >= 0.6 is 0 Å². The minimum Gasteiger partial charge on any atom is -0.496 e. The molecule has 2 aliphatic carbocycles. The summed E-state index contributed by atoms with van der Waals surface area (Å²) in [6.45, 7) is 9.02. The molecule has 0 radical (unpaired) electrons. The molecule has 3 nitrogen and oxygen atoms in total. The van der Waals surface area contributed by atoms with E-state index in [2.05, 4.69) is 39.8 Å². The number of aryl methyl sites for hydroxylation is 1. The summed E-state index contributed by atoms with van der Waals surface area (Å²) in [5, 5.41) is 0. The molecule has 1 aromatic carbocycles. The maximum absolute atomic E-state index is 13.1. The van der Waals surface area contributed by atoms with E-state index in [0.29, 0.717) is 11.8 Å². The van der Waals surface area contributed by atoms with Crippen molar-refractivity contribution < 1.29 is 14.3 Å². The Bertz CT molecular complexity index is 674. The molecule has 0 saturated heterocycles. The van der Waals surface area contributed by atoms with Crippen LogP contribution < -0.4 is 4.74 Å². The topological polar surface area (TPSA) is 35.5 Å². The van der Waals surface area contributed by atoms with Crippen LogP contribution in [0.1, 0.15) is 76.0 Å². The van der Waals surface area contributed by atoms with E-state index in [9.17, 15) is 4.79 Å². The highest BCUT2D eigenvalue weighted by atomic mass is 16.5. The van der Waals surface area contributed by atoms with E-state index in [0.717, 1.165) is 37.0 Å². The fourth-order valence-electron chi connectivity index (χ4n) is 5.53. The molecular weight excluding hydrogens is 312 g/mol. The van der Waals surface area contributed by atoms with Crippen molar-refractivity contribution in [3.8, 4) is 5.75 Å². The average molecular weight is 344 g/mol. The van der Waals surface area contributed by atoms with E-state index in [1.165, 1.54) is 24.7 Å². The lowest BCUT2D eigenvalue weighted by Gasteiger charge is -2.54. The van der Waals surface area contributed by atoms with Crippen molar-refractivity contribution in [1.82, 2.24) is 0 Å².